The summed E-state index contributed by atoms with van der Waals surface area (Å²) >= 11 is 1.61. The molecule has 0 saturated heterocycles. The van der Waals surface area contributed by atoms with Crippen LogP contribution in [0.25, 0.3) is 43.9 Å². The highest BCUT2D eigenvalue weighted by Crippen LogP contribution is 2.52. The van der Waals surface area contributed by atoms with Crippen molar-refractivity contribution in [3.63, 3.8) is 0 Å². The van der Waals surface area contributed by atoms with Crippen molar-refractivity contribution >= 4 is 72.1 Å². The van der Waals surface area contributed by atoms with Crippen molar-refractivity contribution in [3.8, 4) is 11.5 Å². The van der Waals surface area contributed by atoms with Crippen molar-refractivity contribution in [3.05, 3.63) is 144 Å². The molecule has 0 spiro atoms. The van der Waals surface area contributed by atoms with Crippen molar-refractivity contribution < 1.29 is 25.8 Å². The lowest BCUT2D eigenvalue weighted by molar-refractivity contribution is 0.469. The fraction of sp³-hybridized carbons (Fsp3) is 0.217. The van der Waals surface area contributed by atoms with Crippen LogP contribution in [-0.4, -0.2) is 0 Å². The number of fused-ring (bicyclic) bond motifs is 6. The van der Waals surface area contributed by atoms with E-state index in [-0.39, 0.29) is 10.8 Å². The lowest BCUT2D eigenvalue weighted by atomic mass is 9.85. The maximum absolute atomic E-state index is 6.99. The molecule has 6 aromatic carbocycles. The zero-order chi connectivity index (χ0) is 38.5. The van der Waals surface area contributed by atoms with E-state index in [1.807, 2.05) is 72.8 Å². The van der Waals surface area contributed by atoms with E-state index in [0.717, 1.165) is 75.9 Å². The van der Waals surface area contributed by atoms with Gasteiger partial charge in [0.15, 0.2) is 11.5 Å². The van der Waals surface area contributed by atoms with E-state index >= 15 is 0 Å². The first kappa shape index (κ1) is 37.0. The van der Waals surface area contributed by atoms with Crippen molar-refractivity contribution in [2.45, 2.75) is 76.0 Å². The zero-order valence-corrected chi connectivity index (χ0v) is 34.9. The molecule has 8 aromatic rings. The van der Waals surface area contributed by atoms with E-state index in [1.54, 1.807) is 11.8 Å². The van der Waals surface area contributed by atoms with Gasteiger partial charge >= 0.3 is 16.5 Å². The molecular formula is C46H44O6P2S. The van der Waals surface area contributed by atoms with Crippen LogP contribution in [0.2, 0.25) is 0 Å². The van der Waals surface area contributed by atoms with E-state index in [0.29, 0.717) is 11.5 Å². The Kier molecular flexibility index (Phi) is 9.84. The van der Waals surface area contributed by atoms with Gasteiger partial charge in [-0.2, -0.15) is 0 Å². The highest BCUT2D eigenvalue weighted by Gasteiger charge is 2.29. The standard InChI is InChI=1S/C46H44O6P2S/c1-29-25-35(45(3,4)5)43(51-53-47-37-21-13-9-17-31(37)32-18-10-14-22-38(32)48-53)41(27-29)55-42-28-30(2)26-36(46(6,7)8)44(42)52-54-49-39-23-15-11-19-33(39)34-20-12-16-24-40(34)50-54/h9-28H,1-8H3. The van der Waals surface area contributed by atoms with E-state index in [9.17, 15) is 0 Å². The van der Waals surface area contributed by atoms with Gasteiger partial charge in [0.2, 0.25) is 0 Å². The Balaban J connectivity index is 1.32. The third-order valence-corrected chi connectivity index (χ3v) is 12.5. The van der Waals surface area contributed by atoms with Gasteiger partial charge in [-0.1, -0.05) is 138 Å². The molecule has 280 valence electrons. The van der Waals surface area contributed by atoms with Crippen LogP contribution in [-0.2, 0) is 10.8 Å². The molecule has 0 aliphatic heterocycles. The molecule has 0 atom stereocenters. The minimum Gasteiger partial charge on any atom is -0.390 e. The SMILES string of the molecule is Cc1cc(Sc2cc(C)cc(C(C)(C)C)c2Op2oc3ccccc3c3ccccc3o2)c(Op2oc3ccccc3c3ccccc3o2)c(C(C)(C)C)c1. The summed E-state index contributed by atoms with van der Waals surface area (Å²) in [4.78, 5) is 1.85. The lowest BCUT2D eigenvalue weighted by Gasteiger charge is -2.26. The molecule has 0 aliphatic carbocycles. The van der Waals surface area contributed by atoms with Gasteiger partial charge in [0.1, 0.15) is 22.3 Å². The lowest BCUT2D eigenvalue weighted by Crippen LogP contribution is -2.14. The van der Waals surface area contributed by atoms with Gasteiger partial charge in [-0.05, 0) is 72.2 Å². The monoisotopic (exact) mass is 786 g/mol. The molecule has 0 fully saturated rings. The Morgan fingerprint density at radius 3 is 1.02 bits per heavy atom. The van der Waals surface area contributed by atoms with Gasteiger partial charge in [-0.15, -0.1) is 0 Å². The molecule has 8 rings (SSSR count). The summed E-state index contributed by atoms with van der Waals surface area (Å²) < 4.78 is 40.3. The molecule has 0 aliphatic rings. The van der Waals surface area contributed by atoms with Gasteiger partial charge in [-0.3, -0.25) is 0 Å². The summed E-state index contributed by atoms with van der Waals surface area (Å²) in [6, 6.07) is 40.8. The predicted octanol–water partition coefficient (Wildman–Crippen LogP) is 15.9. The Labute approximate surface area is 327 Å². The van der Waals surface area contributed by atoms with E-state index in [2.05, 4.69) is 104 Å². The number of rotatable bonds is 6. The van der Waals surface area contributed by atoms with Crippen LogP contribution in [0.15, 0.2) is 148 Å². The molecule has 6 nitrogen and oxygen atoms in total. The number of para-hydroxylation sites is 4. The molecule has 0 radical (unpaired) electrons. The Bertz CT molecular complexity index is 2500. The summed E-state index contributed by atoms with van der Waals surface area (Å²) in [5.41, 5.74) is 6.68. The Hall–Kier alpha value is -4.93. The van der Waals surface area contributed by atoms with Gasteiger partial charge in [-0.25, -0.2) is 0 Å². The topological polar surface area (TPSA) is 71.0 Å². The number of benzene rings is 6. The second kappa shape index (κ2) is 14.6. The molecule has 55 heavy (non-hydrogen) atoms. The molecule has 0 saturated carbocycles. The van der Waals surface area contributed by atoms with E-state index < -0.39 is 16.5 Å². The largest absolute Gasteiger partial charge is 0.453 e. The second-order valence-electron chi connectivity index (χ2n) is 15.9. The minimum atomic E-state index is -1.90. The molecule has 2 heterocycles. The Morgan fingerprint density at radius 2 is 0.727 bits per heavy atom. The molecular weight excluding hydrogens is 743 g/mol. The first-order valence-electron chi connectivity index (χ1n) is 18.3. The summed E-state index contributed by atoms with van der Waals surface area (Å²) in [6.07, 6.45) is 0. The molecule has 0 unspecified atom stereocenters. The van der Waals surface area contributed by atoms with Crippen molar-refractivity contribution in [2.75, 3.05) is 0 Å². The molecule has 0 bridgehead atoms. The molecule has 0 N–H and O–H groups in total. The van der Waals surface area contributed by atoms with Crippen LogP contribution in [0.4, 0.5) is 0 Å². The number of aryl methyl sites for hydroxylation is 2. The third-order valence-electron chi connectivity index (χ3n) is 9.39. The van der Waals surface area contributed by atoms with Crippen LogP contribution in [0.3, 0.4) is 0 Å². The summed E-state index contributed by atoms with van der Waals surface area (Å²) in [5, 5.41) is 3.86. The van der Waals surface area contributed by atoms with Crippen molar-refractivity contribution in [1.82, 2.24) is 0 Å². The van der Waals surface area contributed by atoms with Crippen LogP contribution < -0.4 is 9.05 Å². The number of hydrogen-bond acceptors (Lipinski definition) is 7. The Morgan fingerprint density at radius 1 is 0.436 bits per heavy atom. The van der Waals surface area contributed by atoms with Crippen LogP contribution in [0, 0.1) is 13.8 Å². The van der Waals surface area contributed by atoms with Crippen molar-refractivity contribution in [1.29, 1.82) is 0 Å². The van der Waals surface area contributed by atoms with Gasteiger partial charge in [0, 0.05) is 32.7 Å². The zero-order valence-electron chi connectivity index (χ0n) is 32.3. The average Bonchev–Trinajstić information content (AvgIpc) is 3.40. The maximum Gasteiger partial charge on any atom is 0.453 e. The van der Waals surface area contributed by atoms with Gasteiger partial charge in [0.05, 0.1) is 9.79 Å². The smallest absolute Gasteiger partial charge is 0.390 e. The van der Waals surface area contributed by atoms with Crippen molar-refractivity contribution in [2.24, 2.45) is 0 Å². The normalized spacial score (nSPS) is 12.1. The highest BCUT2D eigenvalue weighted by molar-refractivity contribution is 7.99. The third kappa shape index (κ3) is 7.67. The maximum atomic E-state index is 6.99. The first-order chi connectivity index (χ1) is 26.3. The van der Waals surface area contributed by atoms with Gasteiger partial charge in [0.25, 0.3) is 0 Å². The highest BCUT2D eigenvalue weighted by atomic mass is 32.2. The van der Waals surface area contributed by atoms with Crippen LogP contribution >= 0.6 is 28.2 Å². The van der Waals surface area contributed by atoms with Gasteiger partial charge < -0.3 is 25.8 Å². The van der Waals surface area contributed by atoms with Crippen LogP contribution in [0.5, 0.6) is 11.5 Å². The summed E-state index contributed by atoms with van der Waals surface area (Å²) in [5.74, 6) is 1.43. The fourth-order valence-electron chi connectivity index (χ4n) is 6.71. The van der Waals surface area contributed by atoms with E-state index in [1.165, 1.54) is 0 Å². The number of hydrogen-bond donors (Lipinski definition) is 0. The summed E-state index contributed by atoms with van der Waals surface area (Å²) in [7, 11) is -3.80. The summed E-state index contributed by atoms with van der Waals surface area (Å²) in [6.45, 7) is 17.5. The minimum absolute atomic E-state index is 0.262. The predicted molar refractivity (Wildman–Crippen MR) is 229 cm³/mol. The van der Waals surface area contributed by atoms with Crippen LogP contribution in [0.1, 0.15) is 63.8 Å². The molecule has 0 amide bonds. The average molecular weight is 787 g/mol. The first-order valence-corrected chi connectivity index (χ1v) is 21.4. The quantitative estimate of drug-likeness (QED) is 0.166. The second-order valence-corrected chi connectivity index (χ2v) is 18.9. The molecule has 2 aromatic heterocycles. The van der Waals surface area contributed by atoms with E-state index in [4.69, 9.17) is 25.8 Å². The molecule has 9 heteroatoms. The fourth-order valence-corrected chi connectivity index (χ4v) is 10.2.